The molecule has 0 aliphatic carbocycles. The number of nitrogens with zero attached hydrogens (tertiary/aromatic N) is 2. The standard InChI is InChI=1S/C12H11Cl2N3O3S/c1-7-5-11(17(2)16-7)12(18)15-10-4-3-8(6-9(10)13)21(14,19)20/h3-6H,1-2H3,(H,15,18). The smallest absolute Gasteiger partial charge is 0.273 e. The van der Waals surface area contributed by atoms with Crippen molar-refractivity contribution in [2.24, 2.45) is 7.05 Å². The number of amides is 1. The molecule has 0 aliphatic rings. The minimum absolute atomic E-state index is 0.0731. The summed E-state index contributed by atoms with van der Waals surface area (Å²) in [5.74, 6) is -0.401. The number of carbonyl (C=O) groups is 1. The van der Waals surface area contributed by atoms with Crippen LogP contribution in [0, 0.1) is 6.92 Å². The van der Waals surface area contributed by atoms with Crippen molar-refractivity contribution in [3.05, 3.63) is 40.7 Å². The molecule has 0 saturated heterocycles. The van der Waals surface area contributed by atoms with Gasteiger partial charge in [0.1, 0.15) is 5.69 Å². The molecule has 1 aromatic carbocycles. The molecule has 6 nitrogen and oxygen atoms in total. The summed E-state index contributed by atoms with van der Waals surface area (Å²) >= 11 is 5.95. The van der Waals surface area contributed by atoms with E-state index in [1.807, 2.05) is 0 Å². The van der Waals surface area contributed by atoms with Crippen LogP contribution in [0.25, 0.3) is 0 Å². The number of carbonyl (C=O) groups excluding carboxylic acids is 1. The van der Waals surface area contributed by atoms with Crippen molar-refractivity contribution >= 4 is 42.9 Å². The third kappa shape index (κ3) is 3.55. The van der Waals surface area contributed by atoms with E-state index in [1.54, 1.807) is 20.0 Å². The molecule has 2 rings (SSSR count). The van der Waals surface area contributed by atoms with Gasteiger partial charge in [-0.25, -0.2) is 8.42 Å². The molecule has 9 heteroatoms. The van der Waals surface area contributed by atoms with E-state index in [1.165, 1.54) is 22.9 Å². The molecule has 0 radical (unpaired) electrons. The Kier molecular flexibility index (Phi) is 4.27. The van der Waals surface area contributed by atoms with E-state index in [9.17, 15) is 13.2 Å². The van der Waals surface area contributed by atoms with Gasteiger partial charge in [0, 0.05) is 17.7 Å². The Balaban J connectivity index is 2.28. The average molecular weight is 348 g/mol. The Hall–Kier alpha value is -1.57. The molecular weight excluding hydrogens is 337 g/mol. The predicted octanol–water partition coefficient (Wildman–Crippen LogP) is 2.56. The van der Waals surface area contributed by atoms with Crippen LogP contribution in [-0.2, 0) is 16.1 Å². The van der Waals surface area contributed by atoms with Gasteiger partial charge in [-0.3, -0.25) is 9.48 Å². The highest BCUT2D eigenvalue weighted by molar-refractivity contribution is 8.13. The highest BCUT2D eigenvalue weighted by Crippen LogP contribution is 2.27. The lowest BCUT2D eigenvalue weighted by Crippen LogP contribution is -2.16. The number of anilines is 1. The van der Waals surface area contributed by atoms with E-state index in [-0.39, 0.29) is 15.6 Å². The van der Waals surface area contributed by atoms with Gasteiger partial charge in [-0.15, -0.1) is 0 Å². The van der Waals surface area contributed by atoms with Crippen LogP contribution in [0.1, 0.15) is 16.2 Å². The SMILES string of the molecule is Cc1cc(C(=O)Nc2ccc(S(=O)(=O)Cl)cc2Cl)n(C)n1. The van der Waals surface area contributed by atoms with Gasteiger partial charge >= 0.3 is 0 Å². The van der Waals surface area contributed by atoms with E-state index in [0.717, 1.165) is 0 Å². The van der Waals surface area contributed by atoms with Gasteiger partial charge < -0.3 is 5.32 Å². The number of aromatic nitrogens is 2. The molecule has 1 N–H and O–H groups in total. The number of hydrogen-bond acceptors (Lipinski definition) is 4. The fraction of sp³-hybridized carbons (Fsp3) is 0.167. The maximum Gasteiger partial charge on any atom is 0.273 e. The number of rotatable bonds is 3. The van der Waals surface area contributed by atoms with Gasteiger partial charge in [0.05, 0.1) is 21.3 Å². The average Bonchev–Trinajstić information content (AvgIpc) is 2.69. The van der Waals surface area contributed by atoms with Crippen LogP contribution >= 0.6 is 22.3 Å². The molecular formula is C12H11Cl2N3O3S. The number of benzene rings is 1. The van der Waals surface area contributed by atoms with Crippen LogP contribution in [0.3, 0.4) is 0 Å². The summed E-state index contributed by atoms with van der Waals surface area (Å²) < 4.78 is 23.8. The first-order valence-electron chi connectivity index (χ1n) is 5.74. The molecule has 0 aliphatic heterocycles. The largest absolute Gasteiger partial charge is 0.319 e. The summed E-state index contributed by atoms with van der Waals surface area (Å²) in [7, 11) is 3.00. The van der Waals surface area contributed by atoms with Crippen molar-refractivity contribution in [1.29, 1.82) is 0 Å². The molecule has 2 aromatic rings. The third-order valence-electron chi connectivity index (χ3n) is 2.70. The lowest BCUT2D eigenvalue weighted by Gasteiger charge is -2.08. The van der Waals surface area contributed by atoms with Crippen molar-refractivity contribution in [3.8, 4) is 0 Å². The van der Waals surface area contributed by atoms with Crippen LogP contribution in [0.5, 0.6) is 0 Å². The van der Waals surface area contributed by atoms with Crippen LogP contribution in [-0.4, -0.2) is 24.1 Å². The topological polar surface area (TPSA) is 81.1 Å². The lowest BCUT2D eigenvalue weighted by molar-refractivity contribution is 0.101. The molecule has 112 valence electrons. The van der Waals surface area contributed by atoms with Crippen LogP contribution in [0.15, 0.2) is 29.2 Å². The van der Waals surface area contributed by atoms with Crippen molar-refractivity contribution in [1.82, 2.24) is 9.78 Å². The second-order valence-electron chi connectivity index (χ2n) is 4.33. The van der Waals surface area contributed by atoms with Crippen LogP contribution < -0.4 is 5.32 Å². The van der Waals surface area contributed by atoms with Gasteiger partial charge in [0.2, 0.25) is 0 Å². The van der Waals surface area contributed by atoms with Gasteiger partial charge in [-0.1, -0.05) is 11.6 Å². The lowest BCUT2D eigenvalue weighted by atomic mass is 10.3. The first-order valence-corrected chi connectivity index (χ1v) is 8.43. The summed E-state index contributed by atoms with van der Waals surface area (Å²) in [5.41, 5.74) is 1.35. The number of hydrogen-bond donors (Lipinski definition) is 1. The zero-order valence-electron chi connectivity index (χ0n) is 11.1. The fourth-order valence-electron chi connectivity index (χ4n) is 1.76. The highest BCUT2D eigenvalue weighted by Gasteiger charge is 2.16. The van der Waals surface area contributed by atoms with Crippen molar-refractivity contribution < 1.29 is 13.2 Å². The minimum Gasteiger partial charge on any atom is -0.319 e. The number of nitrogens with one attached hydrogen (secondary N) is 1. The Morgan fingerprint density at radius 1 is 1.33 bits per heavy atom. The van der Waals surface area contributed by atoms with E-state index < -0.39 is 15.0 Å². The second kappa shape index (κ2) is 5.67. The summed E-state index contributed by atoms with van der Waals surface area (Å²) in [6, 6.07) is 5.44. The second-order valence-corrected chi connectivity index (χ2v) is 7.30. The predicted molar refractivity (Wildman–Crippen MR) is 80.4 cm³/mol. The maximum absolute atomic E-state index is 12.1. The van der Waals surface area contributed by atoms with Crippen molar-refractivity contribution in [2.45, 2.75) is 11.8 Å². The molecule has 1 aromatic heterocycles. The highest BCUT2D eigenvalue weighted by atomic mass is 35.7. The zero-order chi connectivity index (χ0) is 15.8. The van der Waals surface area contributed by atoms with Gasteiger partial charge in [0.25, 0.3) is 15.0 Å². The zero-order valence-corrected chi connectivity index (χ0v) is 13.4. The fourth-order valence-corrected chi connectivity index (χ4v) is 2.83. The maximum atomic E-state index is 12.1. The van der Waals surface area contributed by atoms with E-state index in [0.29, 0.717) is 11.4 Å². The Bertz CT molecular complexity index is 815. The molecule has 0 atom stereocenters. The van der Waals surface area contributed by atoms with Crippen molar-refractivity contribution in [2.75, 3.05) is 5.32 Å². The summed E-state index contributed by atoms with van der Waals surface area (Å²) in [4.78, 5) is 12.0. The Labute approximate surface area is 131 Å². The first-order chi connectivity index (χ1) is 9.68. The monoisotopic (exact) mass is 347 g/mol. The Morgan fingerprint density at radius 3 is 2.48 bits per heavy atom. The number of aryl methyl sites for hydroxylation is 2. The Morgan fingerprint density at radius 2 is 2.00 bits per heavy atom. The normalized spacial score (nSPS) is 11.4. The summed E-state index contributed by atoms with van der Waals surface area (Å²) in [6.07, 6.45) is 0. The molecule has 0 saturated carbocycles. The summed E-state index contributed by atoms with van der Waals surface area (Å²) in [6.45, 7) is 1.77. The third-order valence-corrected chi connectivity index (χ3v) is 4.37. The molecule has 1 heterocycles. The molecule has 0 fully saturated rings. The molecule has 0 spiro atoms. The van der Waals surface area contributed by atoms with E-state index >= 15 is 0 Å². The van der Waals surface area contributed by atoms with Gasteiger partial charge in [0.15, 0.2) is 0 Å². The number of halogens is 2. The van der Waals surface area contributed by atoms with Crippen LogP contribution in [0.2, 0.25) is 5.02 Å². The molecule has 1 amide bonds. The first kappa shape index (κ1) is 15.8. The van der Waals surface area contributed by atoms with Gasteiger partial charge in [-0.2, -0.15) is 5.10 Å². The van der Waals surface area contributed by atoms with E-state index in [2.05, 4.69) is 10.4 Å². The van der Waals surface area contributed by atoms with Crippen LogP contribution in [0.4, 0.5) is 5.69 Å². The minimum atomic E-state index is -3.87. The quantitative estimate of drug-likeness (QED) is 0.865. The molecule has 21 heavy (non-hydrogen) atoms. The van der Waals surface area contributed by atoms with E-state index in [4.69, 9.17) is 22.3 Å². The summed E-state index contributed by atoms with van der Waals surface area (Å²) in [5, 5.41) is 6.73. The molecule has 0 bridgehead atoms. The van der Waals surface area contributed by atoms with Gasteiger partial charge in [-0.05, 0) is 31.2 Å². The van der Waals surface area contributed by atoms with Crippen molar-refractivity contribution in [3.63, 3.8) is 0 Å². The molecule has 0 unspecified atom stereocenters.